The van der Waals surface area contributed by atoms with E-state index >= 15 is 0 Å². The molecule has 0 aromatic heterocycles. The van der Waals surface area contributed by atoms with Crippen molar-refractivity contribution >= 4 is 17.8 Å². The Bertz CT molecular complexity index is 341. The maximum Gasteiger partial charge on any atom is 0.321 e. The fourth-order valence-electron chi connectivity index (χ4n) is 1.80. The molecule has 0 saturated heterocycles. The van der Waals surface area contributed by atoms with Gasteiger partial charge in [-0.3, -0.25) is 10.1 Å². The van der Waals surface area contributed by atoms with Crippen LogP contribution in [0.15, 0.2) is 10.9 Å². The first-order chi connectivity index (χ1) is 7.38. The maximum atomic E-state index is 10.5. The summed E-state index contributed by atoms with van der Waals surface area (Å²) < 4.78 is 0. The van der Waals surface area contributed by atoms with Crippen molar-refractivity contribution in [3.05, 3.63) is 21.0 Å². The van der Waals surface area contributed by atoms with Crippen molar-refractivity contribution in [3.8, 4) is 0 Å². The van der Waals surface area contributed by atoms with Gasteiger partial charge in [0.1, 0.15) is 0 Å². The molecule has 1 aliphatic carbocycles. The summed E-state index contributed by atoms with van der Waals surface area (Å²) >= 11 is 5.71. The summed E-state index contributed by atoms with van der Waals surface area (Å²) in [7, 11) is 0. The van der Waals surface area contributed by atoms with E-state index in [0.717, 1.165) is 6.42 Å². The molecule has 7 heteroatoms. The smallest absolute Gasteiger partial charge is 0.321 e. The highest BCUT2D eigenvalue weighted by molar-refractivity contribution is 6.30. The first-order valence-corrected chi connectivity index (χ1v) is 5.30. The SMILES string of the molecule is CC1(O)CCCC1N/C(Cl)=C(\C=N)[N+](=O)[O-]. The predicted molar refractivity (Wildman–Crippen MR) is 60.1 cm³/mol. The van der Waals surface area contributed by atoms with E-state index in [0.29, 0.717) is 19.1 Å². The Morgan fingerprint density at radius 3 is 2.81 bits per heavy atom. The summed E-state index contributed by atoms with van der Waals surface area (Å²) in [5, 5.41) is 29.8. The van der Waals surface area contributed by atoms with Crippen LogP contribution in [0.25, 0.3) is 0 Å². The maximum absolute atomic E-state index is 10.5. The third-order valence-electron chi connectivity index (χ3n) is 2.79. The molecule has 1 fully saturated rings. The van der Waals surface area contributed by atoms with E-state index in [2.05, 4.69) is 5.32 Å². The molecule has 0 amide bonds. The van der Waals surface area contributed by atoms with Crippen LogP contribution in [0.4, 0.5) is 0 Å². The van der Waals surface area contributed by atoms with Crippen molar-refractivity contribution in [2.75, 3.05) is 0 Å². The lowest BCUT2D eigenvalue weighted by Crippen LogP contribution is -2.43. The van der Waals surface area contributed by atoms with Gasteiger partial charge in [0.2, 0.25) is 0 Å². The van der Waals surface area contributed by atoms with Crippen LogP contribution in [0.1, 0.15) is 26.2 Å². The molecule has 1 rings (SSSR count). The zero-order valence-electron chi connectivity index (χ0n) is 8.86. The third kappa shape index (κ3) is 2.70. The fraction of sp³-hybridized carbons (Fsp3) is 0.667. The van der Waals surface area contributed by atoms with E-state index in [1.807, 2.05) is 0 Å². The minimum absolute atomic E-state index is 0.202. The second-order valence-electron chi connectivity index (χ2n) is 4.05. The molecule has 90 valence electrons. The van der Waals surface area contributed by atoms with Gasteiger partial charge in [0, 0.05) is 0 Å². The quantitative estimate of drug-likeness (QED) is 0.301. The average molecular weight is 248 g/mol. The van der Waals surface area contributed by atoms with Crippen molar-refractivity contribution < 1.29 is 10.0 Å². The Balaban J connectivity index is 2.81. The number of halogens is 1. The fourth-order valence-corrected chi connectivity index (χ4v) is 2.06. The number of allylic oxidation sites excluding steroid dienone is 1. The molecule has 16 heavy (non-hydrogen) atoms. The third-order valence-corrected chi connectivity index (χ3v) is 3.09. The van der Waals surface area contributed by atoms with E-state index < -0.39 is 16.2 Å². The van der Waals surface area contributed by atoms with E-state index in [1.54, 1.807) is 6.92 Å². The van der Waals surface area contributed by atoms with E-state index in [-0.39, 0.29) is 11.2 Å². The number of aliphatic hydroxyl groups is 1. The number of hydrogen-bond donors (Lipinski definition) is 3. The highest BCUT2D eigenvalue weighted by Gasteiger charge is 2.37. The van der Waals surface area contributed by atoms with Gasteiger partial charge < -0.3 is 15.8 Å². The van der Waals surface area contributed by atoms with Crippen molar-refractivity contribution in [3.63, 3.8) is 0 Å². The molecule has 2 unspecified atom stereocenters. The minimum Gasteiger partial charge on any atom is -0.388 e. The highest BCUT2D eigenvalue weighted by atomic mass is 35.5. The molecular weight excluding hydrogens is 234 g/mol. The monoisotopic (exact) mass is 247 g/mol. The van der Waals surface area contributed by atoms with Gasteiger partial charge in [0.05, 0.1) is 22.8 Å². The zero-order valence-corrected chi connectivity index (χ0v) is 9.62. The van der Waals surface area contributed by atoms with Crippen molar-refractivity contribution in [2.45, 2.75) is 37.8 Å². The van der Waals surface area contributed by atoms with Gasteiger partial charge in [-0.15, -0.1) is 0 Å². The number of rotatable bonds is 4. The summed E-state index contributed by atoms with van der Waals surface area (Å²) in [6, 6.07) is -0.310. The Hall–Kier alpha value is -1.14. The Labute approximate surface area is 97.9 Å². The van der Waals surface area contributed by atoms with Crippen LogP contribution < -0.4 is 5.32 Å². The average Bonchev–Trinajstić information content (AvgIpc) is 2.46. The van der Waals surface area contributed by atoms with E-state index in [1.165, 1.54) is 0 Å². The number of nitrogens with one attached hydrogen (secondary N) is 2. The normalized spacial score (nSPS) is 30.8. The van der Waals surface area contributed by atoms with Gasteiger partial charge in [-0.25, -0.2) is 0 Å². The Morgan fingerprint density at radius 1 is 1.81 bits per heavy atom. The minimum atomic E-state index is -0.913. The van der Waals surface area contributed by atoms with Crippen LogP contribution in [-0.4, -0.2) is 27.9 Å². The number of hydrogen-bond acceptors (Lipinski definition) is 5. The molecule has 6 nitrogen and oxygen atoms in total. The Morgan fingerprint density at radius 2 is 2.44 bits per heavy atom. The second-order valence-corrected chi connectivity index (χ2v) is 4.42. The molecule has 3 N–H and O–H groups in total. The summed E-state index contributed by atoms with van der Waals surface area (Å²) in [5.41, 5.74) is -1.41. The van der Waals surface area contributed by atoms with Crippen LogP contribution in [0.2, 0.25) is 0 Å². The van der Waals surface area contributed by atoms with Crippen LogP contribution in [0, 0.1) is 15.5 Å². The largest absolute Gasteiger partial charge is 0.388 e. The molecule has 0 radical (unpaired) electrons. The van der Waals surface area contributed by atoms with E-state index in [9.17, 15) is 15.2 Å². The molecule has 1 saturated carbocycles. The second kappa shape index (κ2) is 4.80. The molecule has 0 heterocycles. The lowest BCUT2D eigenvalue weighted by atomic mass is 10.0. The Kier molecular flexibility index (Phi) is 3.88. The standard InChI is InChI=1S/C9H14ClN3O3/c1-9(14)4-2-3-7(9)12-8(10)6(5-11)13(15)16/h5,7,11-12,14H,2-4H2,1H3/b8-6+,11-5?. The van der Waals surface area contributed by atoms with Gasteiger partial charge in [-0.05, 0) is 26.2 Å². The highest BCUT2D eigenvalue weighted by Crippen LogP contribution is 2.30. The van der Waals surface area contributed by atoms with Crippen molar-refractivity contribution in [1.82, 2.24) is 5.32 Å². The van der Waals surface area contributed by atoms with Crippen LogP contribution in [0.5, 0.6) is 0 Å². The predicted octanol–water partition coefficient (Wildman–Crippen LogP) is 1.21. The first-order valence-electron chi connectivity index (χ1n) is 4.92. The summed E-state index contributed by atoms with van der Waals surface area (Å²) in [4.78, 5) is 9.79. The van der Waals surface area contributed by atoms with E-state index in [4.69, 9.17) is 17.0 Å². The molecule has 0 aliphatic heterocycles. The van der Waals surface area contributed by atoms with Gasteiger partial charge >= 0.3 is 5.70 Å². The molecule has 0 bridgehead atoms. The molecule has 2 atom stereocenters. The lowest BCUT2D eigenvalue weighted by molar-refractivity contribution is -0.415. The molecule has 0 spiro atoms. The van der Waals surface area contributed by atoms with Gasteiger partial charge in [0.25, 0.3) is 0 Å². The molecule has 0 aromatic rings. The van der Waals surface area contributed by atoms with Crippen LogP contribution >= 0.6 is 11.6 Å². The van der Waals surface area contributed by atoms with Gasteiger partial charge in [0.15, 0.2) is 5.16 Å². The van der Waals surface area contributed by atoms with Crippen molar-refractivity contribution in [2.24, 2.45) is 0 Å². The van der Waals surface area contributed by atoms with Crippen LogP contribution in [0.3, 0.4) is 0 Å². The van der Waals surface area contributed by atoms with Crippen molar-refractivity contribution in [1.29, 1.82) is 5.41 Å². The lowest BCUT2D eigenvalue weighted by Gasteiger charge is -2.26. The molecular formula is C9H14ClN3O3. The molecule has 1 aliphatic rings. The summed E-state index contributed by atoms with van der Waals surface area (Å²) in [5.74, 6) is 0. The first kappa shape index (κ1) is 12.9. The van der Waals surface area contributed by atoms with Crippen LogP contribution in [-0.2, 0) is 0 Å². The summed E-state index contributed by atoms with van der Waals surface area (Å²) in [6.07, 6.45) is 2.76. The van der Waals surface area contributed by atoms with Gasteiger partial charge in [-0.1, -0.05) is 11.6 Å². The zero-order chi connectivity index (χ0) is 12.3. The number of nitrogens with zero attached hydrogens (tertiary/aromatic N) is 1. The topological polar surface area (TPSA) is 99.2 Å². The summed E-state index contributed by atoms with van der Waals surface area (Å²) in [6.45, 7) is 1.66. The van der Waals surface area contributed by atoms with Gasteiger partial charge in [-0.2, -0.15) is 0 Å². The molecule has 0 aromatic carbocycles. The number of nitro groups is 1.